The summed E-state index contributed by atoms with van der Waals surface area (Å²) < 4.78 is 16.0. The third kappa shape index (κ3) is 5.84. The van der Waals surface area contributed by atoms with E-state index in [9.17, 15) is 9.59 Å². The first-order valence-electron chi connectivity index (χ1n) is 9.04. The molecule has 1 N–H and O–H groups in total. The van der Waals surface area contributed by atoms with Crippen molar-refractivity contribution in [1.82, 2.24) is 5.32 Å². The Morgan fingerprint density at radius 1 is 0.828 bits per heavy atom. The molecule has 0 aromatic heterocycles. The molecule has 3 rings (SSSR count). The summed E-state index contributed by atoms with van der Waals surface area (Å²) in [5, 5.41) is 2.70. The van der Waals surface area contributed by atoms with Gasteiger partial charge in [0.1, 0.15) is 17.2 Å². The van der Waals surface area contributed by atoms with E-state index >= 15 is 0 Å². The summed E-state index contributed by atoms with van der Waals surface area (Å²) in [6.45, 7) is -0.0812. The highest BCUT2D eigenvalue weighted by Gasteiger charge is 2.11. The van der Waals surface area contributed by atoms with E-state index in [4.69, 9.17) is 14.2 Å². The normalized spacial score (nSPS) is 10.1. The molecule has 6 heteroatoms. The van der Waals surface area contributed by atoms with Crippen molar-refractivity contribution in [3.8, 4) is 17.2 Å². The summed E-state index contributed by atoms with van der Waals surface area (Å²) in [5.74, 6) is 1.01. The van der Waals surface area contributed by atoms with Crippen molar-refractivity contribution in [3.05, 3.63) is 90.0 Å². The first-order valence-corrected chi connectivity index (χ1v) is 9.04. The summed E-state index contributed by atoms with van der Waals surface area (Å²) in [5.41, 5.74) is 1.17. The molecule has 0 fully saturated rings. The predicted molar refractivity (Wildman–Crippen MR) is 108 cm³/mol. The number of nitrogens with one attached hydrogen (secondary N) is 1. The van der Waals surface area contributed by atoms with Crippen molar-refractivity contribution in [3.63, 3.8) is 0 Å². The lowest BCUT2D eigenvalue weighted by atomic mass is 10.2. The number of para-hydroxylation sites is 2. The van der Waals surface area contributed by atoms with Crippen molar-refractivity contribution >= 4 is 11.9 Å². The van der Waals surface area contributed by atoms with Gasteiger partial charge in [-0.05, 0) is 42.5 Å². The fourth-order valence-electron chi connectivity index (χ4n) is 2.59. The lowest BCUT2D eigenvalue weighted by Gasteiger charge is -2.10. The van der Waals surface area contributed by atoms with Crippen LogP contribution in [0.5, 0.6) is 17.2 Å². The van der Waals surface area contributed by atoms with E-state index < -0.39 is 11.9 Å². The van der Waals surface area contributed by atoms with Crippen LogP contribution in [0.4, 0.5) is 0 Å². The van der Waals surface area contributed by atoms with Crippen molar-refractivity contribution in [2.24, 2.45) is 0 Å². The fraction of sp³-hybridized carbons (Fsp3) is 0.130. The Morgan fingerprint density at radius 3 is 2.21 bits per heavy atom. The lowest BCUT2D eigenvalue weighted by molar-refractivity contribution is -0.124. The number of ether oxygens (including phenoxy) is 3. The molecule has 0 aliphatic carbocycles. The Morgan fingerprint density at radius 2 is 1.48 bits per heavy atom. The van der Waals surface area contributed by atoms with E-state index in [0.717, 1.165) is 5.56 Å². The summed E-state index contributed by atoms with van der Waals surface area (Å²) in [4.78, 5) is 24.1. The van der Waals surface area contributed by atoms with Gasteiger partial charge in [-0.1, -0.05) is 36.4 Å². The Kier molecular flexibility index (Phi) is 6.84. The van der Waals surface area contributed by atoms with Gasteiger partial charge >= 0.3 is 5.97 Å². The maximum Gasteiger partial charge on any atom is 0.338 e. The molecule has 0 saturated heterocycles. The number of rotatable bonds is 8. The third-order valence-electron chi connectivity index (χ3n) is 4.07. The zero-order valence-corrected chi connectivity index (χ0v) is 16.0. The molecular formula is C23H21NO5. The topological polar surface area (TPSA) is 73.9 Å². The Bertz CT molecular complexity index is 955. The van der Waals surface area contributed by atoms with Crippen LogP contribution >= 0.6 is 0 Å². The second-order valence-corrected chi connectivity index (χ2v) is 6.10. The molecule has 148 valence electrons. The average molecular weight is 391 g/mol. The molecule has 0 aliphatic heterocycles. The largest absolute Gasteiger partial charge is 0.496 e. The SMILES string of the molecule is COc1ccccc1CNC(=O)COC(=O)c1ccc(Oc2ccccc2)cc1. The minimum absolute atomic E-state index is 0.284. The molecule has 0 heterocycles. The van der Waals surface area contributed by atoms with E-state index in [2.05, 4.69) is 5.32 Å². The number of carbonyl (C=O) groups is 2. The zero-order chi connectivity index (χ0) is 20.5. The van der Waals surface area contributed by atoms with E-state index in [1.54, 1.807) is 31.4 Å². The van der Waals surface area contributed by atoms with Crippen LogP contribution < -0.4 is 14.8 Å². The maximum atomic E-state index is 12.1. The number of methoxy groups -OCH3 is 1. The first-order chi connectivity index (χ1) is 14.2. The molecule has 0 radical (unpaired) electrons. The average Bonchev–Trinajstić information content (AvgIpc) is 2.77. The molecule has 3 aromatic carbocycles. The molecule has 3 aromatic rings. The van der Waals surface area contributed by atoms with Gasteiger partial charge in [-0.15, -0.1) is 0 Å². The van der Waals surface area contributed by atoms with Gasteiger partial charge in [-0.3, -0.25) is 4.79 Å². The van der Waals surface area contributed by atoms with Crippen LogP contribution in [0.2, 0.25) is 0 Å². The van der Waals surface area contributed by atoms with Crippen LogP contribution in [-0.2, 0) is 16.1 Å². The Hall–Kier alpha value is -3.80. The van der Waals surface area contributed by atoms with E-state index in [0.29, 0.717) is 22.8 Å². The minimum Gasteiger partial charge on any atom is -0.496 e. The van der Waals surface area contributed by atoms with Crippen LogP contribution in [0.15, 0.2) is 78.9 Å². The quantitative estimate of drug-likeness (QED) is 0.589. The Labute approximate surface area is 169 Å². The predicted octanol–water partition coefficient (Wildman–Crippen LogP) is 3.96. The van der Waals surface area contributed by atoms with Crippen LogP contribution in [0.1, 0.15) is 15.9 Å². The van der Waals surface area contributed by atoms with E-state index in [-0.39, 0.29) is 13.2 Å². The standard InChI is InChI=1S/C23H21NO5/c1-27-21-10-6-5-7-18(21)15-24-22(25)16-28-23(26)17-11-13-20(14-12-17)29-19-8-3-2-4-9-19/h2-14H,15-16H2,1H3,(H,24,25). The second-order valence-electron chi connectivity index (χ2n) is 6.10. The molecule has 0 atom stereocenters. The van der Waals surface area contributed by atoms with Crippen LogP contribution in [0, 0.1) is 0 Å². The van der Waals surface area contributed by atoms with Crippen molar-refractivity contribution in [2.45, 2.75) is 6.54 Å². The van der Waals surface area contributed by atoms with Crippen molar-refractivity contribution < 1.29 is 23.8 Å². The van der Waals surface area contributed by atoms with Gasteiger partial charge in [-0.25, -0.2) is 4.79 Å². The van der Waals surface area contributed by atoms with Gasteiger partial charge in [0.2, 0.25) is 0 Å². The molecule has 29 heavy (non-hydrogen) atoms. The van der Waals surface area contributed by atoms with Crippen LogP contribution in [-0.4, -0.2) is 25.6 Å². The molecule has 0 saturated carbocycles. The summed E-state index contributed by atoms with van der Waals surface area (Å²) >= 11 is 0. The van der Waals surface area contributed by atoms with Crippen LogP contribution in [0.25, 0.3) is 0 Å². The number of carbonyl (C=O) groups excluding carboxylic acids is 2. The second kappa shape index (κ2) is 9.94. The van der Waals surface area contributed by atoms with Gasteiger partial charge in [0.05, 0.1) is 12.7 Å². The first kappa shape index (κ1) is 19.9. The van der Waals surface area contributed by atoms with Crippen LogP contribution in [0.3, 0.4) is 0 Å². The number of benzene rings is 3. The van der Waals surface area contributed by atoms with Crippen molar-refractivity contribution in [2.75, 3.05) is 13.7 Å². The van der Waals surface area contributed by atoms with Gasteiger partial charge < -0.3 is 19.5 Å². The number of amides is 1. The highest BCUT2D eigenvalue weighted by Crippen LogP contribution is 2.21. The fourth-order valence-corrected chi connectivity index (χ4v) is 2.59. The molecule has 0 spiro atoms. The van der Waals surface area contributed by atoms with Gasteiger partial charge in [0, 0.05) is 12.1 Å². The van der Waals surface area contributed by atoms with Gasteiger partial charge in [-0.2, -0.15) is 0 Å². The molecule has 0 unspecified atom stereocenters. The maximum absolute atomic E-state index is 12.1. The molecule has 1 amide bonds. The minimum atomic E-state index is -0.580. The smallest absolute Gasteiger partial charge is 0.338 e. The molecular weight excluding hydrogens is 370 g/mol. The van der Waals surface area contributed by atoms with E-state index in [1.807, 2.05) is 54.6 Å². The number of hydrogen-bond donors (Lipinski definition) is 1. The summed E-state index contributed by atoms with van der Waals surface area (Å²) in [6, 6.07) is 23.2. The summed E-state index contributed by atoms with van der Waals surface area (Å²) in [6.07, 6.45) is 0. The van der Waals surface area contributed by atoms with Gasteiger partial charge in [0.25, 0.3) is 5.91 Å². The highest BCUT2D eigenvalue weighted by molar-refractivity contribution is 5.91. The summed E-state index contributed by atoms with van der Waals surface area (Å²) in [7, 11) is 1.57. The zero-order valence-electron chi connectivity index (χ0n) is 16.0. The Balaban J connectivity index is 1.46. The molecule has 6 nitrogen and oxygen atoms in total. The third-order valence-corrected chi connectivity index (χ3v) is 4.07. The monoisotopic (exact) mass is 391 g/mol. The highest BCUT2D eigenvalue weighted by atomic mass is 16.5. The van der Waals surface area contributed by atoms with E-state index in [1.165, 1.54) is 0 Å². The molecule has 0 bridgehead atoms. The lowest BCUT2D eigenvalue weighted by Crippen LogP contribution is -2.28. The molecule has 0 aliphatic rings. The van der Waals surface area contributed by atoms with Gasteiger partial charge in [0.15, 0.2) is 6.61 Å². The number of esters is 1. The van der Waals surface area contributed by atoms with Crippen molar-refractivity contribution in [1.29, 1.82) is 0 Å². The number of hydrogen-bond acceptors (Lipinski definition) is 5.